The van der Waals surface area contributed by atoms with Gasteiger partial charge in [0.15, 0.2) is 0 Å². The molecule has 1 aliphatic heterocycles. The van der Waals surface area contributed by atoms with E-state index in [4.69, 9.17) is 0 Å². The Balaban J connectivity index is 1.41. The molecule has 0 saturated carbocycles. The number of amides is 2. The number of aromatic nitrogens is 1. The van der Waals surface area contributed by atoms with Crippen molar-refractivity contribution < 1.29 is 9.59 Å². The molecule has 130 valence electrons. The van der Waals surface area contributed by atoms with Crippen LogP contribution in [0.1, 0.15) is 34.5 Å². The zero-order chi connectivity index (χ0) is 17.6. The molecule has 1 aliphatic rings. The van der Waals surface area contributed by atoms with Crippen molar-refractivity contribution in [2.24, 2.45) is 0 Å². The van der Waals surface area contributed by atoms with Crippen molar-refractivity contribution in [3.8, 4) is 0 Å². The molecular weight excluding hydrogens is 382 g/mol. The summed E-state index contributed by atoms with van der Waals surface area (Å²) in [4.78, 5) is 30.3. The largest absolute Gasteiger partial charge is 0.351 e. The molecule has 2 aromatic rings. The second-order valence-corrected chi connectivity index (χ2v) is 6.97. The molecule has 1 aromatic heterocycles. The molecule has 0 atom stereocenters. The Morgan fingerprint density at radius 2 is 1.96 bits per heavy atom. The molecular formula is C19H20BrN3O2. The van der Waals surface area contributed by atoms with Crippen LogP contribution in [0.2, 0.25) is 0 Å². The molecule has 2 amide bonds. The van der Waals surface area contributed by atoms with Gasteiger partial charge in [-0.1, -0.05) is 24.3 Å². The van der Waals surface area contributed by atoms with Crippen LogP contribution in [0.25, 0.3) is 0 Å². The third kappa shape index (κ3) is 4.66. The zero-order valence-electron chi connectivity index (χ0n) is 13.9. The van der Waals surface area contributed by atoms with Crippen LogP contribution in [0.3, 0.4) is 0 Å². The van der Waals surface area contributed by atoms with Gasteiger partial charge in [0.05, 0.1) is 0 Å². The van der Waals surface area contributed by atoms with Crippen LogP contribution < -0.4 is 5.32 Å². The molecule has 1 N–H and O–H groups in total. The molecule has 1 aromatic carbocycles. The van der Waals surface area contributed by atoms with Crippen molar-refractivity contribution in [2.45, 2.75) is 25.8 Å². The van der Waals surface area contributed by atoms with Gasteiger partial charge in [0.2, 0.25) is 5.91 Å². The molecule has 25 heavy (non-hydrogen) atoms. The standard InChI is InChI=1S/C19H20BrN3O2/c20-16-7-8-17(22-12-16)19(25)21-10-3-6-18(24)23-11-9-14-4-1-2-5-15(14)13-23/h1-2,4-5,7-8,12H,3,6,9-11,13H2,(H,21,25). The first-order valence-electron chi connectivity index (χ1n) is 8.38. The maximum atomic E-state index is 12.4. The van der Waals surface area contributed by atoms with Crippen LogP contribution in [0, 0.1) is 0 Å². The van der Waals surface area contributed by atoms with E-state index in [0.29, 0.717) is 31.6 Å². The number of fused-ring (bicyclic) bond motifs is 1. The van der Waals surface area contributed by atoms with Crippen LogP contribution >= 0.6 is 15.9 Å². The molecule has 0 unspecified atom stereocenters. The van der Waals surface area contributed by atoms with E-state index < -0.39 is 0 Å². The van der Waals surface area contributed by atoms with E-state index in [1.807, 2.05) is 17.0 Å². The lowest BCUT2D eigenvalue weighted by Crippen LogP contribution is -2.36. The zero-order valence-corrected chi connectivity index (χ0v) is 15.5. The number of pyridine rings is 1. The summed E-state index contributed by atoms with van der Waals surface area (Å²) < 4.78 is 0.831. The molecule has 5 nitrogen and oxygen atoms in total. The average Bonchev–Trinajstić information content (AvgIpc) is 2.65. The fourth-order valence-electron chi connectivity index (χ4n) is 2.91. The predicted octanol–water partition coefficient (Wildman–Crippen LogP) is 2.94. The average molecular weight is 402 g/mol. The Hall–Kier alpha value is -2.21. The SMILES string of the molecule is O=C(NCCCC(=O)N1CCc2ccccc2C1)c1ccc(Br)cn1. The fourth-order valence-corrected chi connectivity index (χ4v) is 3.14. The van der Waals surface area contributed by atoms with Crippen LogP contribution in [-0.2, 0) is 17.8 Å². The molecule has 0 saturated heterocycles. The Kier molecular flexibility index (Phi) is 5.81. The van der Waals surface area contributed by atoms with Gasteiger partial charge < -0.3 is 10.2 Å². The highest BCUT2D eigenvalue weighted by atomic mass is 79.9. The number of hydrogen-bond acceptors (Lipinski definition) is 3. The number of nitrogens with one attached hydrogen (secondary N) is 1. The third-order valence-corrected chi connectivity index (χ3v) is 4.77. The van der Waals surface area contributed by atoms with Gasteiger partial charge in [0.25, 0.3) is 5.91 Å². The van der Waals surface area contributed by atoms with Crippen LogP contribution in [0.4, 0.5) is 0 Å². The lowest BCUT2D eigenvalue weighted by Gasteiger charge is -2.29. The first-order valence-corrected chi connectivity index (χ1v) is 9.17. The highest BCUT2D eigenvalue weighted by molar-refractivity contribution is 9.10. The maximum absolute atomic E-state index is 12.4. The maximum Gasteiger partial charge on any atom is 0.269 e. The summed E-state index contributed by atoms with van der Waals surface area (Å²) in [7, 11) is 0. The van der Waals surface area contributed by atoms with E-state index >= 15 is 0 Å². The van der Waals surface area contributed by atoms with Crippen molar-refractivity contribution in [2.75, 3.05) is 13.1 Å². The van der Waals surface area contributed by atoms with E-state index in [-0.39, 0.29) is 11.8 Å². The minimum Gasteiger partial charge on any atom is -0.351 e. The van der Waals surface area contributed by atoms with Gasteiger partial charge >= 0.3 is 0 Å². The number of halogens is 1. The molecule has 0 fully saturated rings. The normalized spacial score (nSPS) is 13.2. The predicted molar refractivity (Wildman–Crippen MR) is 99.1 cm³/mol. The summed E-state index contributed by atoms with van der Waals surface area (Å²) in [6, 6.07) is 11.7. The Morgan fingerprint density at radius 3 is 2.72 bits per heavy atom. The van der Waals surface area contributed by atoms with Gasteiger partial charge in [-0.25, -0.2) is 4.98 Å². The second-order valence-electron chi connectivity index (χ2n) is 6.06. The summed E-state index contributed by atoms with van der Waals surface area (Å²) in [6.07, 6.45) is 3.57. The van der Waals surface area contributed by atoms with Crippen molar-refractivity contribution in [3.05, 3.63) is 63.9 Å². The van der Waals surface area contributed by atoms with Gasteiger partial charge in [-0.05, 0) is 52.0 Å². The molecule has 0 aliphatic carbocycles. The topological polar surface area (TPSA) is 62.3 Å². The van der Waals surface area contributed by atoms with Gasteiger partial charge in [-0.2, -0.15) is 0 Å². The third-order valence-electron chi connectivity index (χ3n) is 4.30. The van der Waals surface area contributed by atoms with E-state index in [1.165, 1.54) is 11.1 Å². The minimum absolute atomic E-state index is 0.144. The van der Waals surface area contributed by atoms with Crippen molar-refractivity contribution in [1.82, 2.24) is 15.2 Å². The number of carbonyl (C=O) groups excluding carboxylic acids is 2. The van der Waals surface area contributed by atoms with Gasteiger partial charge in [0, 0.05) is 36.7 Å². The summed E-state index contributed by atoms with van der Waals surface area (Å²) in [6.45, 7) is 1.92. The van der Waals surface area contributed by atoms with E-state index in [1.54, 1.807) is 18.3 Å². The number of benzene rings is 1. The van der Waals surface area contributed by atoms with Crippen molar-refractivity contribution in [3.63, 3.8) is 0 Å². The molecule has 0 spiro atoms. The van der Waals surface area contributed by atoms with Crippen LogP contribution in [-0.4, -0.2) is 34.8 Å². The molecule has 0 bridgehead atoms. The minimum atomic E-state index is -0.216. The van der Waals surface area contributed by atoms with Crippen molar-refractivity contribution in [1.29, 1.82) is 0 Å². The Labute approximate surface area is 155 Å². The Morgan fingerprint density at radius 1 is 1.16 bits per heavy atom. The summed E-state index contributed by atoms with van der Waals surface area (Å²) in [5.41, 5.74) is 2.94. The van der Waals surface area contributed by atoms with Crippen LogP contribution in [0.5, 0.6) is 0 Å². The Bertz CT molecular complexity index is 762. The summed E-state index contributed by atoms with van der Waals surface area (Å²) in [5, 5.41) is 2.80. The molecule has 3 rings (SSSR count). The highest BCUT2D eigenvalue weighted by Crippen LogP contribution is 2.19. The first kappa shape index (κ1) is 17.6. The van der Waals surface area contributed by atoms with Crippen molar-refractivity contribution >= 4 is 27.7 Å². The van der Waals surface area contributed by atoms with Gasteiger partial charge in [-0.3, -0.25) is 9.59 Å². The number of hydrogen-bond donors (Lipinski definition) is 1. The highest BCUT2D eigenvalue weighted by Gasteiger charge is 2.19. The quantitative estimate of drug-likeness (QED) is 0.783. The van der Waals surface area contributed by atoms with Gasteiger partial charge in [-0.15, -0.1) is 0 Å². The summed E-state index contributed by atoms with van der Waals surface area (Å²) >= 11 is 3.29. The molecule has 6 heteroatoms. The molecule has 2 heterocycles. The first-order chi connectivity index (χ1) is 12.1. The number of carbonyl (C=O) groups is 2. The second kappa shape index (κ2) is 8.25. The van der Waals surface area contributed by atoms with Gasteiger partial charge in [0.1, 0.15) is 5.69 Å². The monoisotopic (exact) mass is 401 g/mol. The lowest BCUT2D eigenvalue weighted by atomic mass is 9.99. The molecule has 0 radical (unpaired) electrons. The van der Waals surface area contributed by atoms with E-state index in [2.05, 4.69) is 38.4 Å². The number of nitrogens with zero attached hydrogens (tertiary/aromatic N) is 2. The van der Waals surface area contributed by atoms with E-state index in [0.717, 1.165) is 17.4 Å². The van der Waals surface area contributed by atoms with Crippen LogP contribution in [0.15, 0.2) is 47.1 Å². The fraction of sp³-hybridized carbons (Fsp3) is 0.316. The van der Waals surface area contributed by atoms with E-state index in [9.17, 15) is 9.59 Å². The lowest BCUT2D eigenvalue weighted by molar-refractivity contribution is -0.132. The summed E-state index contributed by atoms with van der Waals surface area (Å²) in [5.74, 6) is -0.0719. The smallest absolute Gasteiger partial charge is 0.269 e. The number of rotatable bonds is 5.